The summed E-state index contributed by atoms with van der Waals surface area (Å²) >= 11 is 0. The summed E-state index contributed by atoms with van der Waals surface area (Å²) < 4.78 is 0. The summed E-state index contributed by atoms with van der Waals surface area (Å²) in [5.41, 5.74) is -0.521. The minimum Gasteiger partial charge on any atom is -0.342 e. The first kappa shape index (κ1) is 18.2. The third-order valence-corrected chi connectivity index (χ3v) is 6.65. The first-order valence-electron chi connectivity index (χ1n) is 9.64. The molecule has 2 heterocycles. The van der Waals surface area contributed by atoms with Gasteiger partial charge in [0.1, 0.15) is 12.1 Å². The standard InChI is InChI=1S/C19H30N4O2/c1-15-3-5-16(6-4-15)17(24)22-10-7-19(8-11-22)18(25)23(12-9-20)14-13-21(19)2/h15-16H,3-8,10-14H2,1-2H3. The SMILES string of the molecule is CC1CCC(C(=O)N2CCC3(CC2)C(=O)N(CC#N)CCN3C)CC1. The Labute approximate surface area is 150 Å². The van der Waals surface area contributed by atoms with E-state index in [4.69, 9.17) is 5.26 Å². The van der Waals surface area contributed by atoms with E-state index in [0.717, 1.165) is 38.1 Å². The van der Waals surface area contributed by atoms with E-state index in [0.29, 0.717) is 38.4 Å². The Morgan fingerprint density at radius 3 is 2.40 bits per heavy atom. The van der Waals surface area contributed by atoms with Gasteiger partial charge in [0.05, 0.1) is 6.07 Å². The largest absolute Gasteiger partial charge is 0.342 e. The predicted octanol–water partition coefficient (Wildman–Crippen LogP) is 1.47. The van der Waals surface area contributed by atoms with Crippen LogP contribution in [0.1, 0.15) is 45.4 Å². The van der Waals surface area contributed by atoms with Gasteiger partial charge >= 0.3 is 0 Å². The number of carbonyl (C=O) groups excluding carboxylic acids is 2. The minimum atomic E-state index is -0.521. The number of hydrogen-bond acceptors (Lipinski definition) is 4. The first-order chi connectivity index (χ1) is 12.0. The molecule has 2 aliphatic heterocycles. The number of likely N-dealkylation sites (tertiary alicyclic amines) is 1. The van der Waals surface area contributed by atoms with Crippen LogP contribution < -0.4 is 0 Å². The van der Waals surface area contributed by atoms with E-state index >= 15 is 0 Å². The summed E-state index contributed by atoms with van der Waals surface area (Å²) in [6.45, 7) is 5.15. The highest BCUT2D eigenvalue weighted by atomic mass is 16.2. The van der Waals surface area contributed by atoms with Gasteiger partial charge in [0.15, 0.2) is 0 Å². The van der Waals surface area contributed by atoms with Crippen LogP contribution in [0, 0.1) is 23.2 Å². The quantitative estimate of drug-likeness (QED) is 0.710. The number of likely N-dealkylation sites (N-methyl/N-ethyl adjacent to an activating group) is 1. The summed E-state index contributed by atoms with van der Waals surface area (Å²) in [7, 11) is 2.00. The Kier molecular flexibility index (Phi) is 5.33. The Bertz CT molecular complexity index is 554. The zero-order valence-electron chi connectivity index (χ0n) is 15.5. The summed E-state index contributed by atoms with van der Waals surface area (Å²) in [6.07, 6.45) is 5.68. The molecule has 0 bridgehead atoms. The fraction of sp³-hybridized carbons (Fsp3) is 0.842. The topological polar surface area (TPSA) is 67.6 Å². The van der Waals surface area contributed by atoms with Gasteiger partial charge in [0.2, 0.25) is 11.8 Å². The van der Waals surface area contributed by atoms with E-state index in [9.17, 15) is 9.59 Å². The fourth-order valence-electron chi connectivity index (χ4n) is 4.74. The Morgan fingerprint density at radius 1 is 1.16 bits per heavy atom. The molecule has 1 spiro atoms. The smallest absolute Gasteiger partial charge is 0.244 e. The van der Waals surface area contributed by atoms with Gasteiger partial charge in [-0.15, -0.1) is 0 Å². The van der Waals surface area contributed by atoms with Crippen molar-refractivity contribution in [3.8, 4) is 6.07 Å². The van der Waals surface area contributed by atoms with Gasteiger partial charge < -0.3 is 9.80 Å². The fourth-order valence-corrected chi connectivity index (χ4v) is 4.74. The third-order valence-electron chi connectivity index (χ3n) is 6.65. The van der Waals surface area contributed by atoms with Crippen molar-refractivity contribution in [1.82, 2.24) is 14.7 Å². The normalized spacial score (nSPS) is 30.4. The molecule has 3 fully saturated rings. The van der Waals surface area contributed by atoms with Crippen molar-refractivity contribution in [2.75, 3.05) is 39.8 Å². The number of amides is 2. The molecule has 0 radical (unpaired) electrons. The lowest BCUT2D eigenvalue weighted by atomic mass is 9.80. The van der Waals surface area contributed by atoms with Gasteiger partial charge in [-0.2, -0.15) is 5.26 Å². The van der Waals surface area contributed by atoms with Crippen LogP contribution in [-0.4, -0.2) is 71.8 Å². The Hall–Kier alpha value is -1.61. The van der Waals surface area contributed by atoms with Gasteiger partial charge in [0, 0.05) is 32.1 Å². The van der Waals surface area contributed by atoms with E-state index in [1.54, 1.807) is 4.90 Å². The van der Waals surface area contributed by atoms with E-state index in [2.05, 4.69) is 17.9 Å². The van der Waals surface area contributed by atoms with E-state index in [1.807, 2.05) is 11.9 Å². The molecular formula is C19H30N4O2. The second-order valence-electron chi connectivity index (χ2n) is 8.12. The third kappa shape index (κ3) is 3.39. The summed E-state index contributed by atoms with van der Waals surface area (Å²) in [5, 5.41) is 8.96. The molecule has 6 heteroatoms. The highest BCUT2D eigenvalue weighted by molar-refractivity contribution is 5.88. The van der Waals surface area contributed by atoms with E-state index in [-0.39, 0.29) is 18.4 Å². The molecule has 0 unspecified atom stereocenters. The van der Waals surface area contributed by atoms with E-state index in [1.165, 1.54) is 0 Å². The molecule has 0 aromatic rings. The number of piperidine rings is 1. The van der Waals surface area contributed by atoms with E-state index < -0.39 is 5.54 Å². The van der Waals surface area contributed by atoms with Crippen LogP contribution in [0.15, 0.2) is 0 Å². The van der Waals surface area contributed by atoms with Crippen LogP contribution in [0.3, 0.4) is 0 Å². The lowest BCUT2D eigenvalue weighted by molar-refractivity contribution is -0.157. The molecule has 0 N–H and O–H groups in total. The van der Waals surface area contributed by atoms with Crippen LogP contribution in [-0.2, 0) is 9.59 Å². The summed E-state index contributed by atoms with van der Waals surface area (Å²) in [5.74, 6) is 1.29. The van der Waals surface area contributed by atoms with Crippen molar-refractivity contribution in [3.05, 3.63) is 0 Å². The minimum absolute atomic E-state index is 0.0707. The van der Waals surface area contributed by atoms with Crippen LogP contribution in [0.2, 0.25) is 0 Å². The number of rotatable bonds is 2. The number of nitriles is 1. The summed E-state index contributed by atoms with van der Waals surface area (Å²) in [6, 6.07) is 2.10. The van der Waals surface area contributed by atoms with Gasteiger partial charge in [-0.3, -0.25) is 14.5 Å². The molecule has 0 atom stereocenters. The first-order valence-corrected chi connectivity index (χ1v) is 9.64. The zero-order valence-corrected chi connectivity index (χ0v) is 15.5. The second kappa shape index (κ2) is 7.33. The molecule has 2 amide bonds. The van der Waals surface area contributed by atoms with Crippen molar-refractivity contribution in [2.45, 2.75) is 51.0 Å². The molecule has 3 rings (SSSR count). The number of piperazine rings is 1. The molecule has 1 aliphatic carbocycles. The number of hydrogen-bond donors (Lipinski definition) is 0. The van der Waals surface area contributed by atoms with Crippen LogP contribution in [0.4, 0.5) is 0 Å². The Morgan fingerprint density at radius 2 is 1.80 bits per heavy atom. The molecule has 2 saturated heterocycles. The second-order valence-corrected chi connectivity index (χ2v) is 8.12. The Balaban J connectivity index is 1.63. The maximum absolute atomic E-state index is 12.9. The maximum Gasteiger partial charge on any atom is 0.244 e. The lowest BCUT2D eigenvalue weighted by Crippen LogP contribution is -2.68. The van der Waals surface area contributed by atoms with Gasteiger partial charge in [0.25, 0.3) is 0 Å². The van der Waals surface area contributed by atoms with Crippen LogP contribution in [0.25, 0.3) is 0 Å². The van der Waals surface area contributed by atoms with Gasteiger partial charge in [-0.25, -0.2) is 0 Å². The van der Waals surface area contributed by atoms with Gasteiger partial charge in [-0.1, -0.05) is 6.92 Å². The monoisotopic (exact) mass is 346 g/mol. The van der Waals surface area contributed by atoms with Crippen LogP contribution in [0.5, 0.6) is 0 Å². The predicted molar refractivity (Wildman–Crippen MR) is 94.5 cm³/mol. The summed E-state index contributed by atoms with van der Waals surface area (Å²) in [4.78, 5) is 31.6. The molecule has 25 heavy (non-hydrogen) atoms. The zero-order chi connectivity index (χ0) is 18.0. The van der Waals surface area contributed by atoms with Crippen LogP contribution >= 0.6 is 0 Å². The average molecular weight is 346 g/mol. The molecule has 1 saturated carbocycles. The molecule has 0 aromatic carbocycles. The lowest BCUT2D eigenvalue weighted by Gasteiger charge is -2.51. The van der Waals surface area contributed by atoms with Gasteiger partial charge in [-0.05, 0) is 51.5 Å². The van der Waals surface area contributed by atoms with Crippen molar-refractivity contribution in [1.29, 1.82) is 5.26 Å². The molecule has 3 aliphatic rings. The average Bonchev–Trinajstić information content (AvgIpc) is 2.63. The maximum atomic E-state index is 12.9. The highest BCUT2D eigenvalue weighted by Gasteiger charge is 2.50. The molecule has 0 aromatic heterocycles. The van der Waals surface area contributed by atoms with Crippen molar-refractivity contribution in [2.24, 2.45) is 11.8 Å². The molecule has 138 valence electrons. The van der Waals surface area contributed by atoms with Crippen molar-refractivity contribution in [3.63, 3.8) is 0 Å². The molecule has 6 nitrogen and oxygen atoms in total. The number of nitrogens with zero attached hydrogens (tertiary/aromatic N) is 4. The number of carbonyl (C=O) groups is 2. The van der Waals surface area contributed by atoms with Crippen molar-refractivity contribution < 1.29 is 9.59 Å². The van der Waals surface area contributed by atoms with Crippen molar-refractivity contribution >= 4 is 11.8 Å². The molecular weight excluding hydrogens is 316 g/mol. The highest BCUT2D eigenvalue weighted by Crippen LogP contribution is 2.35.